The number of alkyl halides is 2. The van der Waals surface area contributed by atoms with Crippen LogP contribution in [0.5, 0.6) is 0 Å². The quantitative estimate of drug-likeness (QED) is 0.846. The number of hydrogen-bond donors (Lipinski definition) is 2. The molecule has 2 rings (SSSR count). The smallest absolute Gasteiger partial charge is 0.282 e. The molecule has 0 aliphatic carbocycles. The zero-order valence-corrected chi connectivity index (χ0v) is 10.7. The van der Waals surface area contributed by atoms with E-state index in [1.807, 2.05) is 12.1 Å². The Morgan fingerprint density at radius 1 is 1.32 bits per heavy atom. The average Bonchev–Trinajstić information content (AvgIpc) is 2.47. The summed E-state index contributed by atoms with van der Waals surface area (Å²) in [6.07, 6.45) is 5.15. The fourth-order valence-electron chi connectivity index (χ4n) is 2.25. The van der Waals surface area contributed by atoms with Crippen LogP contribution < -0.4 is 10.2 Å². The van der Waals surface area contributed by atoms with Crippen molar-refractivity contribution in [2.75, 3.05) is 31.1 Å². The molecule has 2 N–H and O–H groups in total. The van der Waals surface area contributed by atoms with Gasteiger partial charge in [0.1, 0.15) is 6.61 Å². The second-order valence-electron chi connectivity index (χ2n) is 4.86. The summed E-state index contributed by atoms with van der Waals surface area (Å²) in [5.74, 6) is -3.03. The Kier molecular flexibility index (Phi) is 4.66. The summed E-state index contributed by atoms with van der Waals surface area (Å²) in [5, 5.41) is 11.3. The second kappa shape index (κ2) is 6.25. The summed E-state index contributed by atoms with van der Waals surface area (Å²) in [4.78, 5) is 6.20. The van der Waals surface area contributed by atoms with E-state index in [9.17, 15) is 8.78 Å². The minimum absolute atomic E-state index is 0.0931. The fourth-order valence-corrected chi connectivity index (χ4v) is 2.25. The Morgan fingerprint density at radius 3 is 2.53 bits per heavy atom. The first-order chi connectivity index (χ1) is 9.11. The highest BCUT2D eigenvalue weighted by molar-refractivity contribution is 5.44. The van der Waals surface area contributed by atoms with E-state index in [1.165, 1.54) is 0 Å². The molecule has 2 heterocycles. The van der Waals surface area contributed by atoms with Crippen molar-refractivity contribution in [3.05, 3.63) is 24.5 Å². The summed E-state index contributed by atoms with van der Waals surface area (Å²) in [6, 6.07) is 4.00. The molecular weight excluding hydrogens is 252 g/mol. The number of nitrogens with one attached hydrogen (secondary N) is 1. The van der Waals surface area contributed by atoms with Crippen LogP contribution in [0.3, 0.4) is 0 Å². The number of aromatic nitrogens is 1. The average molecular weight is 271 g/mol. The molecule has 6 heteroatoms. The van der Waals surface area contributed by atoms with E-state index in [4.69, 9.17) is 5.11 Å². The molecule has 0 unspecified atom stereocenters. The Bertz CT molecular complexity index is 381. The SMILES string of the molecule is OCC(F)(F)CNC1CCN(c2ccncc2)CC1. The number of aliphatic hydroxyl groups excluding tert-OH is 1. The van der Waals surface area contributed by atoms with Gasteiger partial charge in [0, 0.05) is 37.2 Å². The molecule has 4 nitrogen and oxygen atoms in total. The van der Waals surface area contributed by atoms with Crippen LogP contribution in [-0.4, -0.2) is 48.3 Å². The van der Waals surface area contributed by atoms with E-state index in [-0.39, 0.29) is 6.04 Å². The monoisotopic (exact) mass is 271 g/mol. The maximum absolute atomic E-state index is 12.9. The number of anilines is 1. The van der Waals surface area contributed by atoms with Gasteiger partial charge in [0.15, 0.2) is 0 Å². The van der Waals surface area contributed by atoms with Crippen molar-refractivity contribution in [3.8, 4) is 0 Å². The van der Waals surface area contributed by atoms with Crippen molar-refractivity contribution in [1.82, 2.24) is 10.3 Å². The molecule has 0 radical (unpaired) electrons. The predicted molar refractivity (Wildman–Crippen MR) is 69.5 cm³/mol. The van der Waals surface area contributed by atoms with Gasteiger partial charge in [-0.2, -0.15) is 0 Å². The second-order valence-corrected chi connectivity index (χ2v) is 4.86. The Balaban J connectivity index is 1.77. The topological polar surface area (TPSA) is 48.4 Å². The molecule has 1 aromatic rings. The lowest BCUT2D eigenvalue weighted by Gasteiger charge is -2.34. The van der Waals surface area contributed by atoms with Crippen molar-refractivity contribution in [1.29, 1.82) is 0 Å². The number of hydrogen-bond acceptors (Lipinski definition) is 4. The van der Waals surface area contributed by atoms with Crippen molar-refractivity contribution >= 4 is 5.69 Å². The molecule has 1 aromatic heterocycles. The van der Waals surface area contributed by atoms with Gasteiger partial charge in [0.05, 0.1) is 6.54 Å². The number of rotatable bonds is 5. The number of pyridine rings is 1. The molecule has 0 amide bonds. The summed E-state index contributed by atoms with van der Waals surface area (Å²) >= 11 is 0. The molecule has 0 spiro atoms. The molecule has 0 atom stereocenters. The summed E-state index contributed by atoms with van der Waals surface area (Å²) < 4.78 is 25.8. The van der Waals surface area contributed by atoms with E-state index in [2.05, 4.69) is 15.2 Å². The normalized spacial score (nSPS) is 17.7. The van der Waals surface area contributed by atoms with Gasteiger partial charge in [-0.3, -0.25) is 4.98 Å². The summed E-state index contributed by atoms with van der Waals surface area (Å²) in [7, 11) is 0. The number of nitrogens with zero attached hydrogens (tertiary/aromatic N) is 2. The number of aliphatic hydroxyl groups is 1. The van der Waals surface area contributed by atoms with Crippen LogP contribution in [0.4, 0.5) is 14.5 Å². The van der Waals surface area contributed by atoms with Gasteiger partial charge in [-0.25, -0.2) is 8.78 Å². The minimum Gasteiger partial charge on any atom is -0.390 e. The van der Waals surface area contributed by atoms with E-state index in [1.54, 1.807) is 12.4 Å². The van der Waals surface area contributed by atoms with Gasteiger partial charge in [-0.1, -0.05) is 0 Å². The first-order valence-corrected chi connectivity index (χ1v) is 6.48. The van der Waals surface area contributed by atoms with Crippen LogP contribution in [0.25, 0.3) is 0 Å². The lowest BCUT2D eigenvalue weighted by molar-refractivity contribution is -0.0497. The van der Waals surface area contributed by atoms with Gasteiger partial charge >= 0.3 is 0 Å². The van der Waals surface area contributed by atoms with Crippen molar-refractivity contribution in [2.45, 2.75) is 24.8 Å². The maximum atomic E-state index is 12.9. The Morgan fingerprint density at radius 2 is 1.95 bits per heavy atom. The minimum atomic E-state index is -3.03. The molecule has 1 saturated heterocycles. The Hall–Kier alpha value is -1.27. The largest absolute Gasteiger partial charge is 0.390 e. The molecule has 1 aliphatic heterocycles. The molecule has 1 aliphatic rings. The number of halogens is 2. The van der Waals surface area contributed by atoms with Crippen molar-refractivity contribution in [3.63, 3.8) is 0 Å². The molecule has 106 valence electrons. The lowest BCUT2D eigenvalue weighted by atomic mass is 10.0. The maximum Gasteiger partial charge on any atom is 0.282 e. The fraction of sp³-hybridized carbons (Fsp3) is 0.615. The van der Waals surface area contributed by atoms with Gasteiger partial charge in [0.2, 0.25) is 0 Å². The van der Waals surface area contributed by atoms with Gasteiger partial charge in [-0.05, 0) is 25.0 Å². The predicted octanol–water partition coefficient (Wildman–Crippen LogP) is 1.27. The Labute approximate surface area is 111 Å². The van der Waals surface area contributed by atoms with Crippen LogP contribution in [-0.2, 0) is 0 Å². The highest BCUT2D eigenvalue weighted by atomic mass is 19.3. The summed E-state index contributed by atoms with van der Waals surface area (Å²) in [5.41, 5.74) is 1.12. The summed E-state index contributed by atoms with van der Waals surface area (Å²) in [6.45, 7) is 0.123. The highest BCUT2D eigenvalue weighted by Crippen LogP contribution is 2.19. The molecule has 1 fully saturated rings. The zero-order chi connectivity index (χ0) is 13.7. The van der Waals surface area contributed by atoms with E-state index >= 15 is 0 Å². The first kappa shape index (κ1) is 14.1. The third-order valence-corrected chi connectivity index (χ3v) is 3.40. The van der Waals surface area contributed by atoms with Gasteiger partial charge in [-0.15, -0.1) is 0 Å². The van der Waals surface area contributed by atoms with E-state index in [0.29, 0.717) is 0 Å². The van der Waals surface area contributed by atoms with E-state index < -0.39 is 19.1 Å². The lowest BCUT2D eigenvalue weighted by Crippen LogP contribution is -2.47. The zero-order valence-electron chi connectivity index (χ0n) is 10.7. The standard InChI is InChI=1S/C13H19F2N3O/c14-13(15,10-19)9-17-11-3-7-18(8-4-11)12-1-5-16-6-2-12/h1-2,5-6,11,17,19H,3-4,7-10H2. The number of piperidine rings is 1. The van der Waals surface area contributed by atoms with Crippen molar-refractivity contribution < 1.29 is 13.9 Å². The first-order valence-electron chi connectivity index (χ1n) is 6.48. The third-order valence-electron chi connectivity index (χ3n) is 3.40. The molecule has 0 aromatic carbocycles. The van der Waals surface area contributed by atoms with Gasteiger partial charge < -0.3 is 15.3 Å². The van der Waals surface area contributed by atoms with Crippen LogP contribution in [0.2, 0.25) is 0 Å². The molecular formula is C13H19F2N3O. The van der Waals surface area contributed by atoms with E-state index in [0.717, 1.165) is 31.6 Å². The third kappa shape index (κ3) is 4.11. The van der Waals surface area contributed by atoms with Crippen LogP contribution >= 0.6 is 0 Å². The van der Waals surface area contributed by atoms with Crippen molar-refractivity contribution in [2.24, 2.45) is 0 Å². The highest BCUT2D eigenvalue weighted by Gasteiger charge is 2.29. The molecule has 0 bridgehead atoms. The van der Waals surface area contributed by atoms with Crippen LogP contribution in [0, 0.1) is 0 Å². The molecule has 0 saturated carbocycles. The van der Waals surface area contributed by atoms with Crippen LogP contribution in [0.15, 0.2) is 24.5 Å². The van der Waals surface area contributed by atoms with Crippen LogP contribution in [0.1, 0.15) is 12.8 Å². The van der Waals surface area contributed by atoms with Gasteiger partial charge in [0.25, 0.3) is 5.92 Å². The molecule has 19 heavy (non-hydrogen) atoms.